The van der Waals surface area contributed by atoms with Crippen molar-refractivity contribution in [1.29, 1.82) is 0 Å². The van der Waals surface area contributed by atoms with Gasteiger partial charge in [-0.2, -0.15) is 0 Å². The van der Waals surface area contributed by atoms with E-state index in [1.165, 1.54) is 18.2 Å². The average molecular weight is 436 g/mol. The van der Waals surface area contributed by atoms with E-state index in [0.717, 1.165) is 36.9 Å². The summed E-state index contributed by atoms with van der Waals surface area (Å²) in [6.07, 6.45) is 7.23. The molecule has 1 heterocycles. The molecule has 0 spiro atoms. The third kappa shape index (κ3) is 5.35. The molecule has 1 aliphatic carbocycles. The number of carbonyl (C=O) groups is 2. The van der Waals surface area contributed by atoms with Crippen LogP contribution in [-0.2, 0) is 9.59 Å². The smallest absolute Gasteiger partial charge is 0.267 e. The Kier molecular flexibility index (Phi) is 6.72. The van der Waals surface area contributed by atoms with Gasteiger partial charge in [0.1, 0.15) is 12.4 Å². The summed E-state index contributed by atoms with van der Waals surface area (Å²) in [5.41, 5.74) is 1.58. The number of amidine groups is 1. The van der Waals surface area contributed by atoms with Crippen LogP contribution in [-0.4, -0.2) is 34.6 Å². The highest BCUT2D eigenvalue weighted by atomic mass is 32.2. The summed E-state index contributed by atoms with van der Waals surface area (Å²) in [6.45, 7) is -0.517. The Morgan fingerprint density at radius 2 is 1.90 bits per heavy atom. The van der Waals surface area contributed by atoms with Crippen molar-refractivity contribution in [3.8, 4) is 5.75 Å². The summed E-state index contributed by atoms with van der Waals surface area (Å²) >= 11 is 1.38. The summed E-state index contributed by atoms with van der Waals surface area (Å²) in [6, 6.07) is 16.8. The Labute approximate surface area is 185 Å². The number of carboxylic acids is 1. The predicted octanol–water partition coefficient (Wildman–Crippen LogP) is 3.75. The maximum atomic E-state index is 13.3. The summed E-state index contributed by atoms with van der Waals surface area (Å²) in [5, 5.41) is 11.3. The SMILES string of the molecule is O=C([O-])COc1cccc(/C=C2\SC(=Nc3ccccc3)N(C3CCCCC3)C2=O)c1. The number of rotatable bonds is 6. The second kappa shape index (κ2) is 9.83. The number of carbonyl (C=O) groups excluding carboxylic acids is 2. The van der Waals surface area contributed by atoms with Crippen LogP contribution in [0.3, 0.4) is 0 Å². The standard InChI is InChI=1S/C24H24N2O4S/c27-22(28)16-30-20-13-7-8-17(14-20)15-21-23(29)26(19-11-5-2-6-12-19)24(31-21)25-18-9-3-1-4-10-18/h1,3-4,7-10,13-15,19H,2,5-6,11-12,16H2,(H,27,28)/p-1/b21-15-,25-24?. The van der Waals surface area contributed by atoms with E-state index in [4.69, 9.17) is 9.73 Å². The van der Waals surface area contributed by atoms with Crippen LogP contribution in [0.1, 0.15) is 37.7 Å². The van der Waals surface area contributed by atoms with Crippen LogP contribution in [0.15, 0.2) is 64.5 Å². The van der Waals surface area contributed by atoms with Gasteiger partial charge in [0, 0.05) is 6.04 Å². The summed E-state index contributed by atoms with van der Waals surface area (Å²) in [7, 11) is 0. The van der Waals surface area contributed by atoms with Gasteiger partial charge in [0.2, 0.25) is 0 Å². The molecule has 2 aromatic rings. The van der Waals surface area contributed by atoms with E-state index in [1.54, 1.807) is 18.2 Å². The Balaban J connectivity index is 1.63. The highest BCUT2D eigenvalue weighted by molar-refractivity contribution is 8.18. The minimum atomic E-state index is -1.28. The van der Waals surface area contributed by atoms with Crippen LogP contribution in [0.2, 0.25) is 0 Å². The minimum absolute atomic E-state index is 0.0346. The lowest BCUT2D eigenvalue weighted by Crippen LogP contribution is -2.40. The van der Waals surface area contributed by atoms with Gasteiger partial charge in [-0.25, -0.2) is 4.99 Å². The molecule has 31 heavy (non-hydrogen) atoms. The number of amides is 1. The largest absolute Gasteiger partial charge is 0.546 e. The molecule has 2 aromatic carbocycles. The van der Waals surface area contributed by atoms with Crippen LogP contribution in [0, 0.1) is 0 Å². The van der Waals surface area contributed by atoms with Gasteiger partial charge in [-0.3, -0.25) is 9.69 Å². The van der Waals surface area contributed by atoms with E-state index in [1.807, 2.05) is 47.4 Å². The van der Waals surface area contributed by atoms with Gasteiger partial charge >= 0.3 is 0 Å². The van der Waals surface area contributed by atoms with Crippen molar-refractivity contribution in [2.24, 2.45) is 4.99 Å². The van der Waals surface area contributed by atoms with E-state index < -0.39 is 12.6 Å². The average Bonchev–Trinajstić information content (AvgIpc) is 3.08. The highest BCUT2D eigenvalue weighted by Gasteiger charge is 2.38. The van der Waals surface area contributed by atoms with E-state index in [-0.39, 0.29) is 11.9 Å². The molecule has 6 nitrogen and oxygen atoms in total. The van der Waals surface area contributed by atoms with Crippen LogP contribution >= 0.6 is 11.8 Å². The molecule has 1 amide bonds. The zero-order valence-electron chi connectivity index (χ0n) is 17.0. The molecule has 0 unspecified atom stereocenters. The Hall–Kier alpha value is -3.06. The second-order valence-electron chi connectivity index (χ2n) is 7.54. The first kappa shape index (κ1) is 21.2. The number of para-hydroxylation sites is 1. The predicted molar refractivity (Wildman–Crippen MR) is 120 cm³/mol. The number of hydrogen-bond donors (Lipinski definition) is 0. The zero-order valence-corrected chi connectivity index (χ0v) is 17.8. The van der Waals surface area contributed by atoms with Crippen molar-refractivity contribution in [3.63, 3.8) is 0 Å². The topological polar surface area (TPSA) is 82.0 Å². The van der Waals surface area contributed by atoms with Crippen LogP contribution in [0.5, 0.6) is 5.75 Å². The normalized spacial score (nSPS) is 19.9. The number of aliphatic carboxylic acids is 1. The molecular weight excluding hydrogens is 412 g/mol. The van der Waals surface area contributed by atoms with Crippen molar-refractivity contribution in [3.05, 3.63) is 65.1 Å². The molecule has 4 rings (SSSR count). The third-order valence-corrected chi connectivity index (χ3v) is 6.25. The zero-order chi connectivity index (χ0) is 21.6. The fraction of sp³-hybridized carbons (Fsp3) is 0.292. The highest BCUT2D eigenvalue weighted by Crippen LogP contribution is 2.38. The van der Waals surface area contributed by atoms with Crippen molar-refractivity contribution in [1.82, 2.24) is 4.90 Å². The van der Waals surface area contributed by atoms with Gasteiger partial charge in [0.05, 0.1) is 16.6 Å². The molecule has 7 heteroatoms. The lowest BCUT2D eigenvalue weighted by Gasteiger charge is -2.30. The molecule has 0 radical (unpaired) electrons. The quantitative estimate of drug-likeness (QED) is 0.646. The van der Waals surface area contributed by atoms with Gasteiger partial charge in [0.15, 0.2) is 5.17 Å². The molecule has 160 valence electrons. The minimum Gasteiger partial charge on any atom is -0.546 e. The first-order chi connectivity index (χ1) is 15.1. The van der Waals surface area contributed by atoms with E-state index in [9.17, 15) is 14.7 Å². The van der Waals surface area contributed by atoms with Gasteiger partial charge in [-0.1, -0.05) is 49.6 Å². The van der Waals surface area contributed by atoms with Crippen molar-refractivity contribution < 1.29 is 19.4 Å². The van der Waals surface area contributed by atoms with Gasteiger partial charge in [-0.05, 0) is 60.5 Å². The van der Waals surface area contributed by atoms with Crippen LogP contribution in [0.25, 0.3) is 6.08 Å². The summed E-state index contributed by atoms with van der Waals surface area (Å²) in [4.78, 5) is 31.2. The second-order valence-corrected chi connectivity index (χ2v) is 8.55. The summed E-state index contributed by atoms with van der Waals surface area (Å²) in [5.74, 6) is -0.904. The molecule has 0 aromatic heterocycles. The molecule has 0 N–H and O–H groups in total. The molecule has 0 atom stereocenters. The molecule has 2 fully saturated rings. The maximum Gasteiger partial charge on any atom is 0.267 e. The summed E-state index contributed by atoms with van der Waals surface area (Å²) < 4.78 is 5.20. The molecule has 1 aliphatic heterocycles. The van der Waals surface area contributed by atoms with E-state index in [0.29, 0.717) is 15.8 Å². The number of thioether (sulfide) groups is 1. The number of carboxylic acid groups (broad SMARTS) is 1. The van der Waals surface area contributed by atoms with Crippen LogP contribution < -0.4 is 9.84 Å². The Morgan fingerprint density at radius 1 is 1.13 bits per heavy atom. The van der Waals surface area contributed by atoms with Gasteiger partial charge in [0.25, 0.3) is 5.91 Å². The van der Waals surface area contributed by atoms with Gasteiger partial charge < -0.3 is 14.6 Å². The number of aliphatic imine (C=N–C) groups is 1. The first-order valence-corrected chi connectivity index (χ1v) is 11.2. The molecule has 2 aliphatic rings. The van der Waals surface area contributed by atoms with Crippen molar-refractivity contribution in [2.75, 3.05) is 6.61 Å². The lowest BCUT2D eigenvalue weighted by molar-refractivity contribution is -0.307. The fourth-order valence-corrected chi connectivity index (χ4v) is 4.89. The fourth-order valence-electron chi connectivity index (χ4n) is 3.83. The monoisotopic (exact) mass is 435 g/mol. The van der Waals surface area contributed by atoms with E-state index >= 15 is 0 Å². The Bertz CT molecular complexity index is 1010. The maximum absolute atomic E-state index is 13.3. The Morgan fingerprint density at radius 3 is 2.65 bits per heavy atom. The van der Waals surface area contributed by atoms with Crippen molar-refractivity contribution >= 4 is 40.6 Å². The third-order valence-electron chi connectivity index (χ3n) is 5.27. The lowest BCUT2D eigenvalue weighted by atomic mass is 9.94. The van der Waals surface area contributed by atoms with Crippen LogP contribution in [0.4, 0.5) is 5.69 Å². The molecule has 1 saturated heterocycles. The van der Waals surface area contributed by atoms with Crippen molar-refractivity contribution in [2.45, 2.75) is 38.1 Å². The first-order valence-electron chi connectivity index (χ1n) is 10.4. The number of benzene rings is 2. The molecule has 0 bridgehead atoms. The van der Waals surface area contributed by atoms with E-state index in [2.05, 4.69) is 0 Å². The molecular formula is C24H23N2O4S-. The van der Waals surface area contributed by atoms with Gasteiger partial charge in [-0.15, -0.1) is 0 Å². The number of ether oxygens (including phenoxy) is 1. The number of hydrogen-bond acceptors (Lipinski definition) is 6. The molecule has 1 saturated carbocycles. The number of nitrogens with zero attached hydrogens (tertiary/aromatic N) is 2.